The van der Waals surface area contributed by atoms with Crippen LogP contribution in [0.25, 0.3) is 0 Å². The van der Waals surface area contributed by atoms with E-state index in [1.54, 1.807) is 0 Å². The van der Waals surface area contributed by atoms with Crippen molar-refractivity contribution in [2.24, 2.45) is 10.9 Å². The summed E-state index contributed by atoms with van der Waals surface area (Å²) in [6.45, 7) is 0. The second kappa shape index (κ2) is 5.54. The SMILES string of the molecule is OC1CCCCC1C1N=C(Br)c2c(Br)cccc2N1. The Morgan fingerprint density at radius 1 is 1.21 bits per heavy atom. The number of aliphatic imine (C=N–C) groups is 1. The number of aliphatic hydroxyl groups is 1. The van der Waals surface area contributed by atoms with Crippen molar-refractivity contribution >= 4 is 42.2 Å². The summed E-state index contributed by atoms with van der Waals surface area (Å²) >= 11 is 7.11. The van der Waals surface area contributed by atoms with E-state index in [4.69, 9.17) is 4.99 Å². The van der Waals surface area contributed by atoms with Crippen LogP contribution < -0.4 is 5.32 Å². The molecule has 2 N–H and O–H groups in total. The number of hydrogen-bond donors (Lipinski definition) is 2. The fourth-order valence-electron chi connectivity index (χ4n) is 2.94. The van der Waals surface area contributed by atoms with Crippen LogP contribution in [0.5, 0.6) is 0 Å². The second-order valence-electron chi connectivity index (χ2n) is 5.19. The van der Waals surface area contributed by atoms with E-state index in [-0.39, 0.29) is 18.2 Å². The van der Waals surface area contributed by atoms with E-state index >= 15 is 0 Å². The van der Waals surface area contributed by atoms with Gasteiger partial charge in [-0.1, -0.05) is 18.9 Å². The van der Waals surface area contributed by atoms with Crippen molar-refractivity contribution in [1.82, 2.24) is 0 Å². The third-order valence-corrected chi connectivity index (χ3v) is 5.22. The smallest absolute Gasteiger partial charge is 0.125 e. The van der Waals surface area contributed by atoms with Gasteiger partial charge in [0.05, 0.1) is 6.10 Å². The lowest BCUT2D eigenvalue weighted by Gasteiger charge is -2.35. The monoisotopic (exact) mass is 386 g/mol. The molecule has 1 aromatic carbocycles. The Balaban J connectivity index is 1.91. The lowest BCUT2D eigenvalue weighted by atomic mass is 9.84. The minimum Gasteiger partial charge on any atom is -0.393 e. The predicted octanol–water partition coefficient (Wildman–Crippen LogP) is 3.89. The van der Waals surface area contributed by atoms with Crippen LogP contribution in [-0.2, 0) is 0 Å². The van der Waals surface area contributed by atoms with Crippen LogP contribution in [0.1, 0.15) is 31.2 Å². The van der Waals surface area contributed by atoms with Crippen molar-refractivity contribution in [3.05, 3.63) is 28.2 Å². The molecule has 0 bridgehead atoms. The molecule has 1 heterocycles. The van der Waals surface area contributed by atoms with Crippen LogP contribution in [0, 0.1) is 5.92 Å². The van der Waals surface area contributed by atoms with E-state index in [0.29, 0.717) is 0 Å². The summed E-state index contributed by atoms with van der Waals surface area (Å²) in [5.41, 5.74) is 2.13. The van der Waals surface area contributed by atoms with Gasteiger partial charge in [-0.3, -0.25) is 4.99 Å². The quantitative estimate of drug-likeness (QED) is 0.767. The normalized spacial score (nSPS) is 30.3. The van der Waals surface area contributed by atoms with E-state index in [0.717, 1.165) is 39.6 Å². The third-order valence-electron chi connectivity index (χ3n) is 3.96. The highest BCUT2D eigenvalue weighted by molar-refractivity contribution is 9.18. The van der Waals surface area contributed by atoms with Gasteiger partial charge in [-0.15, -0.1) is 0 Å². The van der Waals surface area contributed by atoms with Gasteiger partial charge >= 0.3 is 0 Å². The van der Waals surface area contributed by atoms with Crippen molar-refractivity contribution in [3.8, 4) is 0 Å². The molecule has 3 unspecified atom stereocenters. The zero-order valence-electron chi connectivity index (χ0n) is 10.4. The zero-order chi connectivity index (χ0) is 13.4. The van der Waals surface area contributed by atoms with Gasteiger partial charge in [-0.05, 0) is 56.8 Å². The van der Waals surface area contributed by atoms with Crippen LogP contribution in [0.3, 0.4) is 0 Å². The first-order valence-corrected chi connectivity index (χ1v) is 8.22. The minimum atomic E-state index is -0.246. The Morgan fingerprint density at radius 2 is 2.00 bits per heavy atom. The van der Waals surface area contributed by atoms with Gasteiger partial charge in [0.1, 0.15) is 10.8 Å². The molecule has 3 rings (SSSR count). The Hall–Kier alpha value is -0.390. The topological polar surface area (TPSA) is 44.6 Å². The number of benzene rings is 1. The molecule has 102 valence electrons. The van der Waals surface area contributed by atoms with Gasteiger partial charge in [-0.2, -0.15) is 0 Å². The van der Waals surface area contributed by atoms with Gasteiger partial charge < -0.3 is 10.4 Å². The summed E-state index contributed by atoms with van der Waals surface area (Å²) in [5.74, 6) is 0.202. The maximum absolute atomic E-state index is 10.2. The summed E-state index contributed by atoms with van der Waals surface area (Å²) < 4.78 is 1.88. The maximum Gasteiger partial charge on any atom is 0.125 e. The van der Waals surface area contributed by atoms with Gasteiger partial charge in [0, 0.05) is 21.6 Å². The van der Waals surface area contributed by atoms with Gasteiger partial charge in [0.25, 0.3) is 0 Å². The average molecular weight is 388 g/mol. The van der Waals surface area contributed by atoms with E-state index in [1.165, 1.54) is 6.42 Å². The molecule has 5 heteroatoms. The van der Waals surface area contributed by atoms with E-state index < -0.39 is 0 Å². The van der Waals surface area contributed by atoms with E-state index in [2.05, 4.69) is 43.2 Å². The molecule has 1 fully saturated rings. The molecule has 0 saturated heterocycles. The number of anilines is 1. The Labute approximate surface area is 129 Å². The van der Waals surface area contributed by atoms with Crippen LogP contribution in [0.4, 0.5) is 5.69 Å². The highest BCUT2D eigenvalue weighted by Crippen LogP contribution is 2.36. The highest BCUT2D eigenvalue weighted by Gasteiger charge is 2.33. The molecule has 0 amide bonds. The lowest BCUT2D eigenvalue weighted by molar-refractivity contribution is 0.0609. The number of nitrogens with one attached hydrogen (secondary N) is 1. The number of hydrogen-bond acceptors (Lipinski definition) is 3. The molecule has 0 radical (unpaired) electrons. The molecule has 2 aliphatic rings. The second-order valence-corrected chi connectivity index (χ2v) is 6.79. The maximum atomic E-state index is 10.2. The van der Waals surface area contributed by atoms with Gasteiger partial charge in [0.15, 0.2) is 0 Å². The predicted molar refractivity (Wildman–Crippen MR) is 85.0 cm³/mol. The average Bonchev–Trinajstić information content (AvgIpc) is 2.39. The van der Waals surface area contributed by atoms with Crippen molar-refractivity contribution < 1.29 is 5.11 Å². The summed E-state index contributed by atoms with van der Waals surface area (Å²) in [6, 6.07) is 6.07. The van der Waals surface area contributed by atoms with E-state index in [1.807, 2.05) is 12.1 Å². The molecule has 0 spiro atoms. The van der Waals surface area contributed by atoms with Gasteiger partial charge in [-0.25, -0.2) is 0 Å². The number of halogens is 2. The minimum absolute atomic E-state index is 0.0357. The molecule has 3 nitrogen and oxygen atoms in total. The summed E-state index contributed by atoms with van der Waals surface area (Å²) in [4.78, 5) is 4.69. The first-order chi connectivity index (χ1) is 9.16. The summed E-state index contributed by atoms with van der Waals surface area (Å²) in [5, 5.41) is 13.6. The fraction of sp³-hybridized carbons (Fsp3) is 0.500. The van der Waals surface area contributed by atoms with Crippen LogP contribution in [0.2, 0.25) is 0 Å². The molecular formula is C14H16Br2N2O. The van der Waals surface area contributed by atoms with Crippen molar-refractivity contribution in [3.63, 3.8) is 0 Å². The largest absolute Gasteiger partial charge is 0.393 e. The van der Waals surface area contributed by atoms with Gasteiger partial charge in [0.2, 0.25) is 0 Å². The first kappa shape index (κ1) is 13.6. The standard InChI is InChI=1S/C14H16Br2N2O/c15-9-5-3-6-10-12(9)13(16)18-14(17-10)8-4-1-2-7-11(8)19/h3,5-6,8,11,14,17,19H,1-2,4,7H2. The lowest BCUT2D eigenvalue weighted by Crippen LogP contribution is -2.40. The first-order valence-electron chi connectivity index (χ1n) is 6.63. The Morgan fingerprint density at radius 3 is 2.79 bits per heavy atom. The molecule has 1 saturated carbocycles. The molecule has 0 aromatic heterocycles. The number of fused-ring (bicyclic) bond motifs is 1. The van der Waals surface area contributed by atoms with Crippen LogP contribution in [-0.4, -0.2) is 22.0 Å². The van der Waals surface area contributed by atoms with E-state index in [9.17, 15) is 5.11 Å². The molecule has 3 atom stereocenters. The van der Waals surface area contributed by atoms with Crippen molar-refractivity contribution in [2.75, 3.05) is 5.32 Å². The molecule has 1 aliphatic carbocycles. The fourth-order valence-corrected chi connectivity index (χ4v) is 4.41. The van der Waals surface area contributed by atoms with Crippen LogP contribution >= 0.6 is 31.9 Å². The van der Waals surface area contributed by atoms with Crippen molar-refractivity contribution in [1.29, 1.82) is 0 Å². The van der Waals surface area contributed by atoms with Crippen LogP contribution in [0.15, 0.2) is 27.7 Å². The summed E-state index contributed by atoms with van der Waals surface area (Å²) in [7, 11) is 0. The Kier molecular flexibility index (Phi) is 3.96. The number of rotatable bonds is 1. The molecule has 1 aromatic rings. The molecular weight excluding hydrogens is 372 g/mol. The summed E-state index contributed by atoms with van der Waals surface area (Å²) in [6.07, 6.45) is 3.94. The Bertz CT molecular complexity index is 518. The number of nitrogens with zero attached hydrogens (tertiary/aromatic N) is 1. The number of aliphatic hydroxyl groups excluding tert-OH is 1. The third kappa shape index (κ3) is 2.60. The zero-order valence-corrected chi connectivity index (χ0v) is 13.6. The molecule has 19 heavy (non-hydrogen) atoms. The highest BCUT2D eigenvalue weighted by atomic mass is 79.9. The van der Waals surface area contributed by atoms with Crippen molar-refractivity contribution in [2.45, 2.75) is 38.0 Å². The molecule has 1 aliphatic heterocycles.